The average molecular weight is 332 g/mol. The molecule has 0 aliphatic heterocycles. The number of nitrogens with two attached hydrogens (primary N) is 1. The second-order valence-corrected chi connectivity index (χ2v) is 5.44. The Labute approximate surface area is 139 Å². The van der Waals surface area contributed by atoms with Gasteiger partial charge in [0.15, 0.2) is 11.5 Å². The lowest BCUT2D eigenvalue weighted by molar-refractivity contribution is 0.308. The summed E-state index contributed by atoms with van der Waals surface area (Å²) >= 11 is 1.39. The normalized spacial score (nSPS) is 10.7. The molecular weight excluding hydrogens is 312 g/mol. The standard InChI is InChI=1S/C16H20N4O2S/c1-4-6-12-7-11(8-13(21-3)15(12)22-5-2)9-18-20-16-19-14(17)10-23-16/h4,7-10H,1,5-6,17H2,2-3H3,(H,19,20). The Kier molecular flexibility index (Phi) is 5.99. The quantitative estimate of drug-likeness (QED) is 0.440. The summed E-state index contributed by atoms with van der Waals surface area (Å²) in [6.45, 7) is 6.30. The van der Waals surface area contributed by atoms with Crippen LogP contribution in [0.1, 0.15) is 18.1 Å². The largest absolute Gasteiger partial charge is 0.493 e. The molecule has 0 unspecified atom stereocenters. The maximum absolute atomic E-state index is 5.69. The van der Waals surface area contributed by atoms with Crippen molar-refractivity contribution < 1.29 is 9.47 Å². The van der Waals surface area contributed by atoms with Crippen LogP contribution >= 0.6 is 11.3 Å². The number of ether oxygens (including phenoxy) is 2. The van der Waals surface area contributed by atoms with Crippen molar-refractivity contribution in [2.24, 2.45) is 5.10 Å². The van der Waals surface area contributed by atoms with Gasteiger partial charge in [0.25, 0.3) is 0 Å². The zero-order valence-corrected chi connectivity index (χ0v) is 14.0. The van der Waals surface area contributed by atoms with Crippen molar-refractivity contribution in [2.75, 3.05) is 24.9 Å². The first kappa shape index (κ1) is 16.8. The number of hydrogen-bond donors (Lipinski definition) is 2. The van der Waals surface area contributed by atoms with E-state index in [-0.39, 0.29) is 0 Å². The van der Waals surface area contributed by atoms with Crippen molar-refractivity contribution >= 4 is 28.5 Å². The van der Waals surface area contributed by atoms with Crippen molar-refractivity contribution in [1.29, 1.82) is 0 Å². The van der Waals surface area contributed by atoms with Crippen molar-refractivity contribution in [3.63, 3.8) is 0 Å². The van der Waals surface area contributed by atoms with E-state index in [1.165, 1.54) is 11.3 Å². The molecule has 0 aliphatic carbocycles. The van der Waals surface area contributed by atoms with E-state index in [2.05, 4.69) is 22.1 Å². The number of benzene rings is 1. The number of nitrogens with one attached hydrogen (secondary N) is 1. The molecule has 6 nitrogen and oxygen atoms in total. The van der Waals surface area contributed by atoms with Gasteiger partial charge < -0.3 is 15.2 Å². The van der Waals surface area contributed by atoms with Crippen LogP contribution in [0, 0.1) is 0 Å². The van der Waals surface area contributed by atoms with Crippen LogP contribution in [0.5, 0.6) is 11.5 Å². The molecule has 0 saturated heterocycles. The number of aromatic nitrogens is 1. The summed E-state index contributed by atoms with van der Waals surface area (Å²) in [4.78, 5) is 4.07. The Morgan fingerprint density at radius 3 is 2.91 bits per heavy atom. The summed E-state index contributed by atoms with van der Waals surface area (Å²) < 4.78 is 11.1. The summed E-state index contributed by atoms with van der Waals surface area (Å²) in [5, 5.41) is 6.56. The third kappa shape index (κ3) is 4.46. The number of nitrogens with zero attached hydrogens (tertiary/aromatic N) is 2. The molecule has 122 valence electrons. The second-order valence-electron chi connectivity index (χ2n) is 4.58. The number of anilines is 2. The van der Waals surface area contributed by atoms with Gasteiger partial charge in [0.05, 0.1) is 19.9 Å². The topological polar surface area (TPSA) is 81.8 Å². The number of methoxy groups -OCH3 is 1. The number of allylic oxidation sites excluding steroid dienone is 1. The van der Waals surface area contributed by atoms with Gasteiger partial charge in [-0.25, -0.2) is 4.98 Å². The van der Waals surface area contributed by atoms with E-state index in [1.54, 1.807) is 18.7 Å². The molecule has 0 radical (unpaired) electrons. The molecule has 0 atom stereocenters. The first-order valence-electron chi connectivity index (χ1n) is 7.12. The molecule has 0 spiro atoms. The molecule has 0 aliphatic rings. The monoisotopic (exact) mass is 332 g/mol. The second kappa shape index (κ2) is 8.19. The van der Waals surface area contributed by atoms with Crippen LogP contribution in [0.2, 0.25) is 0 Å². The zero-order valence-electron chi connectivity index (χ0n) is 13.2. The Bertz CT molecular complexity index is 697. The number of hydrazone groups is 1. The minimum absolute atomic E-state index is 0.476. The fraction of sp³-hybridized carbons (Fsp3) is 0.250. The maximum Gasteiger partial charge on any atom is 0.205 e. The van der Waals surface area contributed by atoms with E-state index in [0.29, 0.717) is 29.7 Å². The Morgan fingerprint density at radius 2 is 2.30 bits per heavy atom. The zero-order chi connectivity index (χ0) is 16.7. The van der Waals surface area contributed by atoms with Crippen molar-refractivity contribution in [2.45, 2.75) is 13.3 Å². The van der Waals surface area contributed by atoms with Crippen LogP contribution in [0.25, 0.3) is 0 Å². The first-order valence-corrected chi connectivity index (χ1v) is 8.00. The van der Waals surface area contributed by atoms with Crippen LogP contribution in [0.15, 0.2) is 35.3 Å². The smallest absolute Gasteiger partial charge is 0.205 e. The van der Waals surface area contributed by atoms with Gasteiger partial charge in [0.2, 0.25) is 5.13 Å². The lowest BCUT2D eigenvalue weighted by Gasteiger charge is -2.14. The van der Waals surface area contributed by atoms with Gasteiger partial charge in [0, 0.05) is 10.9 Å². The van der Waals surface area contributed by atoms with Crippen LogP contribution in [-0.2, 0) is 6.42 Å². The van der Waals surface area contributed by atoms with Gasteiger partial charge in [-0.3, -0.25) is 5.43 Å². The fourth-order valence-electron chi connectivity index (χ4n) is 2.02. The summed E-state index contributed by atoms with van der Waals surface area (Å²) in [6, 6.07) is 3.87. The molecule has 3 N–H and O–H groups in total. The summed E-state index contributed by atoms with van der Waals surface area (Å²) in [5.74, 6) is 1.89. The molecular formula is C16H20N4O2S. The van der Waals surface area contributed by atoms with Gasteiger partial charge in [-0.1, -0.05) is 6.08 Å². The Balaban J connectivity index is 2.23. The van der Waals surface area contributed by atoms with Gasteiger partial charge in [-0.2, -0.15) is 5.10 Å². The van der Waals surface area contributed by atoms with E-state index >= 15 is 0 Å². The highest BCUT2D eigenvalue weighted by Gasteiger charge is 2.11. The molecule has 0 saturated carbocycles. The Hall–Kier alpha value is -2.54. The van der Waals surface area contributed by atoms with E-state index in [0.717, 1.165) is 16.9 Å². The third-order valence-corrected chi connectivity index (χ3v) is 3.69. The predicted molar refractivity (Wildman–Crippen MR) is 95.8 cm³/mol. The van der Waals surface area contributed by atoms with Crippen molar-refractivity contribution in [3.05, 3.63) is 41.3 Å². The Morgan fingerprint density at radius 1 is 1.48 bits per heavy atom. The molecule has 23 heavy (non-hydrogen) atoms. The van der Waals surface area contributed by atoms with Crippen LogP contribution < -0.4 is 20.6 Å². The number of rotatable bonds is 8. The molecule has 2 aromatic rings. The molecule has 7 heteroatoms. The number of hydrogen-bond acceptors (Lipinski definition) is 7. The minimum Gasteiger partial charge on any atom is -0.493 e. The van der Waals surface area contributed by atoms with Gasteiger partial charge in [-0.15, -0.1) is 17.9 Å². The minimum atomic E-state index is 0.476. The predicted octanol–water partition coefficient (Wildman–Crippen LogP) is 3.31. The highest BCUT2D eigenvalue weighted by molar-refractivity contribution is 7.14. The van der Waals surface area contributed by atoms with Crippen molar-refractivity contribution in [3.8, 4) is 11.5 Å². The first-order chi connectivity index (χ1) is 11.2. The summed E-state index contributed by atoms with van der Waals surface area (Å²) in [6.07, 6.45) is 4.21. The highest BCUT2D eigenvalue weighted by Crippen LogP contribution is 2.33. The maximum atomic E-state index is 5.69. The van der Waals surface area contributed by atoms with Gasteiger partial charge in [-0.05, 0) is 31.0 Å². The number of thiazole rings is 1. The molecule has 0 fully saturated rings. The van der Waals surface area contributed by atoms with Gasteiger partial charge >= 0.3 is 0 Å². The van der Waals surface area contributed by atoms with E-state index in [4.69, 9.17) is 15.2 Å². The van der Waals surface area contributed by atoms with Crippen LogP contribution in [-0.4, -0.2) is 24.9 Å². The summed E-state index contributed by atoms with van der Waals surface area (Å²) in [7, 11) is 1.62. The fourth-order valence-corrected chi connectivity index (χ4v) is 2.57. The van der Waals surface area contributed by atoms with Crippen molar-refractivity contribution in [1.82, 2.24) is 4.98 Å². The van der Waals surface area contributed by atoms with Crippen LogP contribution in [0.3, 0.4) is 0 Å². The lowest BCUT2D eigenvalue weighted by atomic mass is 10.1. The molecule has 2 rings (SSSR count). The highest BCUT2D eigenvalue weighted by atomic mass is 32.1. The van der Waals surface area contributed by atoms with Crippen LogP contribution in [0.4, 0.5) is 10.9 Å². The average Bonchev–Trinajstić information content (AvgIpc) is 2.95. The van der Waals surface area contributed by atoms with Gasteiger partial charge in [0.1, 0.15) is 5.82 Å². The molecule has 1 heterocycles. The third-order valence-electron chi connectivity index (χ3n) is 2.92. The molecule has 0 amide bonds. The lowest BCUT2D eigenvalue weighted by Crippen LogP contribution is -2.01. The van der Waals surface area contributed by atoms with E-state index < -0.39 is 0 Å². The summed E-state index contributed by atoms with van der Waals surface area (Å²) in [5.41, 5.74) is 10.3. The molecule has 1 aromatic heterocycles. The van der Waals surface area contributed by atoms with E-state index in [9.17, 15) is 0 Å². The molecule has 1 aromatic carbocycles. The number of nitrogen functional groups attached to an aromatic ring is 1. The van der Waals surface area contributed by atoms with E-state index in [1.807, 2.05) is 25.1 Å². The SMILES string of the molecule is C=CCc1cc(C=NNc2nc(N)cs2)cc(OC)c1OCC. The molecule has 0 bridgehead atoms.